The fourth-order valence-corrected chi connectivity index (χ4v) is 3.71. The van der Waals surface area contributed by atoms with Crippen LogP contribution in [0.3, 0.4) is 0 Å². The standard InChI is InChI=1S/C28H35N3/c1-19(29-25-15-11-9-13-21(25)27(3,4)5)23-17-18-24(31-23)20(2)30-26-16-12-10-14-22(26)28(6,7)8/h9-18,31H,1-8H3. The molecule has 1 N–H and O–H groups in total. The van der Waals surface area contributed by atoms with E-state index in [1.165, 1.54) is 11.1 Å². The minimum absolute atomic E-state index is 0.0466. The van der Waals surface area contributed by atoms with Gasteiger partial charge in [-0.05, 0) is 60.1 Å². The van der Waals surface area contributed by atoms with Crippen molar-refractivity contribution in [3.05, 3.63) is 83.2 Å². The number of benzene rings is 2. The quantitative estimate of drug-likeness (QED) is 0.422. The smallest absolute Gasteiger partial charge is 0.0671 e. The second-order valence-electron chi connectivity index (χ2n) is 10.2. The first-order chi connectivity index (χ1) is 14.5. The molecule has 0 spiro atoms. The molecule has 0 bridgehead atoms. The summed E-state index contributed by atoms with van der Waals surface area (Å²) in [5.41, 5.74) is 8.58. The summed E-state index contributed by atoms with van der Waals surface area (Å²) < 4.78 is 0. The molecule has 0 atom stereocenters. The molecule has 162 valence electrons. The van der Waals surface area contributed by atoms with E-state index in [1.54, 1.807) is 0 Å². The van der Waals surface area contributed by atoms with E-state index in [9.17, 15) is 0 Å². The maximum absolute atomic E-state index is 4.94. The van der Waals surface area contributed by atoms with Gasteiger partial charge in [0.25, 0.3) is 0 Å². The third kappa shape index (κ3) is 5.41. The Labute approximate surface area is 187 Å². The Hall–Kier alpha value is -2.94. The maximum atomic E-state index is 4.94. The first-order valence-electron chi connectivity index (χ1n) is 11.0. The van der Waals surface area contributed by atoms with Crippen molar-refractivity contribution in [1.29, 1.82) is 0 Å². The molecule has 0 aliphatic carbocycles. The van der Waals surface area contributed by atoms with Gasteiger partial charge in [-0.15, -0.1) is 0 Å². The first kappa shape index (κ1) is 22.7. The van der Waals surface area contributed by atoms with Gasteiger partial charge in [-0.3, -0.25) is 9.98 Å². The van der Waals surface area contributed by atoms with E-state index in [0.717, 1.165) is 34.2 Å². The number of para-hydroxylation sites is 2. The third-order valence-electron chi connectivity index (χ3n) is 5.47. The van der Waals surface area contributed by atoms with Crippen molar-refractivity contribution >= 4 is 22.8 Å². The molecule has 0 aliphatic heterocycles. The highest BCUT2D eigenvalue weighted by Gasteiger charge is 2.18. The van der Waals surface area contributed by atoms with Gasteiger partial charge in [0.2, 0.25) is 0 Å². The van der Waals surface area contributed by atoms with Gasteiger partial charge in [0, 0.05) is 0 Å². The Morgan fingerprint density at radius 2 is 0.935 bits per heavy atom. The molecule has 3 heteroatoms. The fraction of sp³-hybridized carbons (Fsp3) is 0.357. The lowest BCUT2D eigenvalue weighted by Crippen LogP contribution is -2.11. The molecular formula is C28H35N3. The Bertz CT molecular complexity index is 1030. The summed E-state index contributed by atoms with van der Waals surface area (Å²) in [6.45, 7) is 17.4. The minimum Gasteiger partial charge on any atom is -0.353 e. The van der Waals surface area contributed by atoms with Crippen molar-refractivity contribution in [2.75, 3.05) is 0 Å². The van der Waals surface area contributed by atoms with Crippen LogP contribution in [0.1, 0.15) is 77.9 Å². The van der Waals surface area contributed by atoms with Crippen LogP contribution in [0.15, 0.2) is 70.6 Å². The zero-order valence-electron chi connectivity index (χ0n) is 20.2. The van der Waals surface area contributed by atoms with Crippen LogP contribution in [0.4, 0.5) is 11.4 Å². The van der Waals surface area contributed by atoms with Gasteiger partial charge < -0.3 is 4.98 Å². The van der Waals surface area contributed by atoms with Gasteiger partial charge in [0.1, 0.15) is 0 Å². The van der Waals surface area contributed by atoms with Crippen LogP contribution in [0.25, 0.3) is 0 Å². The molecular weight excluding hydrogens is 378 g/mol. The Morgan fingerprint density at radius 1 is 0.581 bits per heavy atom. The maximum Gasteiger partial charge on any atom is 0.0671 e. The van der Waals surface area contributed by atoms with Crippen molar-refractivity contribution in [2.24, 2.45) is 9.98 Å². The monoisotopic (exact) mass is 413 g/mol. The second-order valence-corrected chi connectivity index (χ2v) is 10.2. The summed E-state index contributed by atoms with van der Waals surface area (Å²) in [7, 11) is 0. The van der Waals surface area contributed by atoms with Gasteiger partial charge in [-0.2, -0.15) is 0 Å². The molecule has 0 amide bonds. The molecule has 0 radical (unpaired) electrons. The topological polar surface area (TPSA) is 40.5 Å². The molecule has 3 aromatic rings. The molecule has 0 saturated carbocycles. The summed E-state index contributed by atoms with van der Waals surface area (Å²) >= 11 is 0. The number of aromatic nitrogens is 1. The predicted molar refractivity (Wildman–Crippen MR) is 135 cm³/mol. The first-order valence-corrected chi connectivity index (χ1v) is 11.0. The van der Waals surface area contributed by atoms with E-state index in [4.69, 9.17) is 9.98 Å². The highest BCUT2D eigenvalue weighted by Crippen LogP contribution is 2.33. The molecule has 0 aliphatic rings. The van der Waals surface area contributed by atoms with Gasteiger partial charge in [0.15, 0.2) is 0 Å². The number of H-pyrrole nitrogens is 1. The zero-order valence-corrected chi connectivity index (χ0v) is 20.2. The number of aliphatic imine (C=N–C) groups is 2. The summed E-state index contributed by atoms with van der Waals surface area (Å²) in [5.74, 6) is 0. The van der Waals surface area contributed by atoms with Gasteiger partial charge in [-0.25, -0.2) is 0 Å². The van der Waals surface area contributed by atoms with E-state index in [2.05, 4.69) is 109 Å². The average molecular weight is 414 g/mol. The summed E-state index contributed by atoms with van der Waals surface area (Å²) in [5, 5.41) is 0. The second kappa shape index (κ2) is 8.66. The van der Waals surface area contributed by atoms with Gasteiger partial charge in [0.05, 0.1) is 34.2 Å². The van der Waals surface area contributed by atoms with Crippen molar-refractivity contribution in [3.8, 4) is 0 Å². The molecule has 0 fully saturated rings. The van der Waals surface area contributed by atoms with Crippen molar-refractivity contribution in [3.63, 3.8) is 0 Å². The van der Waals surface area contributed by atoms with Crippen LogP contribution in [0.5, 0.6) is 0 Å². The number of nitrogens with zero attached hydrogens (tertiary/aromatic N) is 2. The van der Waals surface area contributed by atoms with E-state index >= 15 is 0 Å². The highest BCUT2D eigenvalue weighted by molar-refractivity contribution is 6.03. The Morgan fingerprint density at radius 3 is 1.29 bits per heavy atom. The average Bonchev–Trinajstić information content (AvgIpc) is 3.18. The fourth-order valence-electron chi connectivity index (χ4n) is 3.71. The van der Waals surface area contributed by atoms with E-state index in [1.807, 2.05) is 12.1 Å². The van der Waals surface area contributed by atoms with E-state index < -0.39 is 0 Å². The van der Waals surface area contributed by atoms with Gasteiger partial charge in [-0.1, -0.05) is 77.9 Å². The van der Waals surface area contributed by atoms with Crippen LogP contribution < -0.4 is 0 Å². The predicted octanol–water partition coefficient (Wildman–Crippen LogP) is 7.89. The van der Waals surface area contributed by atoms with E-state index in [-0.39, 0.29) is 10.8 Å². The molecule has 2 aromatic carbocycles. The molecule has 0 saturated heterocycles. The SMILES string of the molecule is CC(=Nc1ccccc1C(C)(C)C)c1ccc(C(C)=Nc2ccccc2C(C)(C)C)[nH]1. The number of nitrogens with one attached hydrogen (secondary N) is 1. The summed E-state index contributed by atoms with van der Waals surface area (Å²) in [6, 6.07) is 20.9. The van der Waals surface area contributed by atoms with Crippen molar-refractivity contribution in [1.82, 2.24) is 4.98 Å². The van der Waals surface area contributed by atoms with Crippen LogP contribution in [0.2, 0.25) is 0 Å². The molecule has 0 unspecified atom stereocenters. The zero-order chi connectivity index (χ0) is 22.8. The number of hydrogen-bond donors (Lipinski definition) is 1. The summed E-state index contributed by atoms with van der Waals surface area (Å²) in [6.07, 6.45) is 0. The van der Waals surface area contributed by atoms with Crippen molar-refractivity contribution < 1.29 is 0 Å². The molecule has 3 rings (SSSR count). The lowest BCUT2D eigenvalue weighted by Gasteiger charge is -2.21. The normalized spacial score (nSPS) is 13.5. The van der Waals surface area contributed by atoms with Gasteiger partial charge >= 0.3 is 0 Å². The lowest BCUT2D eigenvalue weighted by atomic mass is 9.86. The number of rotatable bonds is 4. The van der Waals surface area contributed by atoms with Crippen LogP contribution >= 0.6 is 0 Å². The molecule has 3 nitrogen and oxygen atoms in total. The minimum atomic E-state index is 0.0466. The Kier molecular flexibility index (Phi) is 6.35. The molecule has 1 heterocycles. The number of aromatic amines is 1. The molecule has 31 heavy (non-hydrogen) atoms. The largest absolute Gasteiger partial charge is 0.353 e. The third-order valence-corrected chi connectivity index (χ3v) is 5.47. The number of hydrogen-bond acceptors (Lipinski definition) is 2. The van der Waals surface area contributed by atoms with Crippen LogP contribution in [0, 0.1) is 0 Å². The van der Waals surface area contributed by atoms with Crippen LogP contribution in [-0.4, -0.2) is 16.4 Å². The van der Waals surface area contributed by atoms with Crippen LogP contribution in [-0.2, 0) is 10.8 Å². The van der Waals surface area contributed by atoms with E-state index in [0.29, 0.717) is 0 Å². The summed E-state index contributed by atoms with van der Waals surface area (Å²) in [4.78, 5) is 13.4. The highest BCUT2D eigenvalue weighted by atomic mass is 14.8. The molecule has 1 aromatic heterocycles. The Balaban J connectivity index is 1.93. The lowest BCUT2D eigenvalue weighted by molar-refractivity contribution is 0.591. The van der Waals surface area contributed by atoms with Crippen molar-refractivity contribution in [2.45, 2.75) is 66.2 Å².